The van der Waals surface area contributed by atoms with Crippen LogP contribution in [0, 0.1) is 11.6 Å². The predicted molar refractivity (Wildman–Crippen MR) is 112 cm³/mol. The van der Waals surface area contributed by atoms with E-state index in [1.54, 1.807) is 6.20 Å². The van der Waals surface area contributed by atoms with Crippen molar-refractivity contribution in [2.45, 2.75) is 25.3 Å². The number of allylic oxidation sites excluding steroid dienone is 1. The average Bonchev–Trinajstić information content (AvgIpc) is 3.25. The van der Waals surface area contributed by atoms with Gasteiger partial charge >= 0.3 is 0 Å². The van der Waals surface area contributed by atoms with Crippen molar-refractivity contribution in [1.82, 2.24) is 20.2 Å². The smallest absolute Gasteiger partial charge is 0.159 e. The number of pyridine rings is 2. The summed E-state index contributed by atoms with van der Waals surface area (Å²) < 4.78 is 27.0. The van der Waals surface area contributed by atoms with Crippen molar-refractivity contribution in [2.24, 2.45) is 5.73 Å². The molecule has 1 aromatic carbocycles. The van der Waals surface area contributed by atoms with Crippen molar-refractivity contribution in [3.63, 3.8) is 0 Å². The van der Waals surface area contributed by atoms with Gasteiger partial charge in [0, 0.05) is 29.6 Å². The van der Waals surface area contributed by atoms with Gasteiger partial charge in [-0.15, -0.1) is 0 Å². The Balaban J connectivity index is 1.56. The van der Waals surface area contributed by atoms with E-state index in [1.165, 1.54) is 11.6 Å². The minimum atomic E-state index is -0.915. The van der Waals surface area contributed by atoms with E-state index in [4.69, 9.17) is 10.7 Å². The van der Waals surface area contributed by atoms with Crippen LogP contribution >= 0.6 is 0 Å². The highest BCUT2D eigenvalue weighted by Crippen LogP contribution is 2.32. The van der Waals surface area contributed by atoms with Gasteiger partial charge in [-0.1, -0.05) is 6.08 Å². The van der Waals surface area contributed by atoms with Gasteiger partial charge in [0.2, 0.25) is 0 Å². The Kier molecular flexibility index (Phi) is 4.59. The summed E-state index contributed by atoms with van der Waals surface area (Å²) in [5, 5.41) is 7.02. The van der Waals surface area contributed by atoms with Crippen molar-refractivity contribution in [1.29, 1.82) is 0 Å². The normalized spacial score (nSPS) is 16.6. The molecule has 4 aromatic rings. The van der Waals surface area contributed by atoms with Gasteiger partial charge < -0.3 is 5.73 Å². The summed E-state index contributed by atoms with van der Waals surface area (Å²) >= 11 is 0. The molecule has 0 bridgehead atoms. The van der Waals surface area contributed by atoms with Crippen LogP contribution < -0.4 is 5.73 Å². The van der Waals surface area contributed by atoms with Crippen LogP contribution in [0.25, 0.3) is 39.1 Å². The molecule has 1 aliphatic carbocycles. The largest absolute Gasteiger partial charge is 0.327 e. The second-order valence-corrected chi connectivity index (χ2v) is 7.50. The minimum absolute atomic E-state index is 0.225. The molecule has 0 radical (unpaired) electrons. The number of aromatic nitrogens is 4. The molecule has 5 rings (SSSR count). The fourth-order valence-electron chi connectivity index (χ4n) is 3.80. The van der Waals surface area contributed by atoms with Gasteiger partial charge in [0.15, 0.2) is 11.6 Å². The Morgan fingerprint density at radius 1 is 1.00 bits per heavy atom. The number of fused-ring (bicyclic) bond motifs is 1. The zero-order valence-corrected chi connectivity index (χ0v) is 16.1. The summed E-state index contributed by atoms with van der Waals surface area (Å²) in [7, 11) is 0. The third kappa shape index (κ3) is 3.37. The van der Waals surface area contributed by atoms with Gasteiger partial charge in [0.05, 0.1) is 16.7 Å². The minimum Gasteiger partial charge on any atom is -0.327 e. The maximum Gasteiger partial charge on any atom is 0.159 e. The molecule has 30 heavy (non-hydrogen) atoms. The van der Waals surface area contributed by atoms with Gasteiger partial charge in [-0.25, -0.2) is 13.8 Å². The molecule has 1 unspecified atom stereocenters. The number of aromatic amines is 1. The molecule has 0 spiro atoms. The lowest BCUT2D eigenvalue weighted by molar-refractivity contribution is 0.509. The van der Waals surface area contributed by atoms with Crippen molar-refractivity contribution in [2.75, 3.05) is 0 Å². The molecule has 0 aliphatic heterocycles. The molecule has 5 nitrogen and oxygen atoms in total. The molecule has 3 aromatic heterocycles. The fourth-order valence-corrected chi connectivity index (χ4v) is 3.80. The van der Waals surface area contributed by atoms with Crippen LogP contribution in [0.3, 0.4) is 0 Å². The highest BCUT2D eigenvalue weighted by molar-refractivity contribution is 5.85. The number of nitrogens with zero attached hydrogens (tertiary/aromatic N) is 3. The zero-order valence-electron chi connectivity index (χ0n) is 16.1. The molecule has 0 amide bonds. The monoisotopic (exact) mass is 403 g/mol. The molecule has 1 atom stereocenters. The molecular weight excluding hydrogens is 384 g/mol. The molecule has 1 aliphatic rings. The van der Waals surface area contributed by atoms with Crippen molar-refractivity contribution < 1.29 is 8.78 Å². The number of nitrogens with one attached hydrogen (secondary N) is 1. The molecule has 0 saturated carbocycles. The first-order valence-electron chi connectivity index (χ1n) is 9.80. The predicted octanol–water partition coefficient (Wildman–Crippen LogP) is 4.86. The standard InChI is InChI=1S/C23H19F2N5/c24-18-6-3-14(9-19(18)25)23-17(12-28-30-23)20-7-8-21-22(29-20)10-15(11-27-21)13-1-4-16(26)5-2-13/h1,3,6-12,16H,2,4-5,26H2,(H,28,30). The van der Waals surface area contributed by atoms with Gasteiger partial charge in [-0.2, -0.15) is 5.10 Å². The number of benzene rings is 1. The van der Waals surface area contributed by atoms with Crippen molar-refractivity contribution in [3.8, 4) is 22.5 Å². The van der Waals surface area contributed by atoms with Crippen LogP contribution in [0.2, 0.25) is 0 Å². The van der Waals surface area contributed by atoms with Gasteiger partial charge in [0.1, 0.15) is 5.69 Å². The second-order valence-electron chi connectivity index (χ2n) is 7.50. The van der Waals surface area contributed by atoms with Gasteiger partial charge in [-0.05, 0) is 66.8 Å². The fraction of sp³-hybridized carbons (Fsp3) is 0.174. The lowest BCUT2D eigenvalue weighted by Gasteiger charge is -2.18. The first kappa shape index (κ1) is 18.6. The van der Waals surface area contributed by atoms with E-state index in [9.17, 15) is 8.78 Å². The van der Waals surface area contributed by atoms with Crippen LogP contribution in [0.5, 0.6) is 0 Å². The van der Waals surface area contributed by atoms with Crippen molar-refractivity contribution in [3.05, 3.63) is 72.1 Å². The Morgan fingerprint density at radius 2 is 1.90 bits per heavy atom. The van der Waals surface area contributed by atoms with Crippen LogP contribution in [-0.4, -0.2) is 26.2 Å². The topological polar surface area (TPSA) is 80.5 Å². The number of hydrogen-bond acceptors (Lipinski definition) is 4. The Bertz CT molecular complexity index is 1280. The number of rotatable bonds is 3. The molecule has 3 heterocycles. The first-order chi connectivity index (χ1) is 14.6. The maximum atomic E-state index is 13.7. The number of hydrogen-bond donors (Lipinski definition) is 2. The SMILES string of the molecule is NC1CC=C(c2cnc3ccc(-c4c[nH]nc4-c4ccc(F)c(F)c4)nc3c2)CC1. The highest BCUT2D eigenvalue weighted by atomic mass is 19.2. The van der Waals surface area contributed by atoms with E-state index >= 15 is 0 Å². The van der Waals surface area contributed by atoms with E-state index in [2.05, 4.69) is 21.3 Å². The summed E-state index contributed by atoms with van der Waals surface area (Å²) in [5.41, 5.74) is 12.2. The second kappa shape index (κ2) is 7.42. The maximum absolute atomic E-state index is 13.7. The summed E-state index contributed by atoms with van der Waals surface area (Å²) in [4.78, 5) is 9.32. The lowest BCUT2D eigenvalue weighted by atomic mass is 9.92. The third-order valence-electron chi connectivity index (χ3n) is 5.47. The number of nitrogens with two attached hydrogens (primary N) is 1. The summed E-state index contributed by atoms with van der Waals surface area (Å²) in [6.07, 6.45) is 8.51. The molecular formula is C23H19F2N5. The van der Waals surface area contributed by atoms with Crippen LogP contribution in [-0.2, 0) is 0 Å². The first-order valence-corrected chi connectivity index (χ1v) is 9.80. The summed E-state index contributed by atoms with van der Waals surface area (Å²) in [5.74, 6) is -1.81. The zero-order chi connectivity index (χ0) is 20.7. The van der Waals surface area contributed by atoms with Gasteiger partial charge in [-0.3, -0.25) is 10.1 Å². The molecule has 3 N–H and O–H groups in total. The highest BCUT2D eigenvalue weighted by Gasteiger charge is 2.16. The van der Waals surface area contributed by atoms with E-state index in [1.807, 2.05) is 24.4 Å². The van der Waals surface area contributed by atoms with Crippen molar-refractivity contribution >= 4 is 16.6 Å². The van der Waals surface area contributed by atoms with E-state index in [0.717, 1.165) is 48.0 Å². The lowest BCUT2D eigenvalue weighted by Crippen LogP contribution is -2.21. The van der Waals surface area contributed by atoms with Gasteiger partial charge in [0.25, 0.3) is 0 Å². The summed E-state index contributed by atoms with van der Waals surface area (Å²) in [6, 6.07) is 9.73. The number of halogens is 2. The Morgan fingerprint density at radius 3 is 2.70 bits per heavy atom. The Labute approximate surface area is 171 Å². The molecule has 0 saturated heterocycles. The molecule has 0 fully saturated rings. The summed E-state index contributed by atoms with van der Waals surface area (Å²) in [6.45, 7) is 0. The van der Waals surface area contributed by atoms with Crippen LogP contribution in [0.1, 0.15) is 24.8 Å². The Hall–Kier alpha value is -3.45. The average molecular weight is 403 g/mol. The van der Waals surface area contributed by atoms with Crippen LogP contribution in [0.15, 0.2) is 54.9 Å². The molecule has 150 valence electrons. The molecule has 7 heteroatoms. The third-order valence-corrected chi connectivity index (χ3v) is 5.47. The number of H-pyrrole nitrogens is 1. The quantitative estimate of drug-likeness (QED) is 0.512. The van der Waals surface area contributed by atoms with E-state index in [0.29, 0.717) is 22.5 Å². The van der Waals surface area contributed by atoms with Crippen LogP contribution in [0.4, 0.5) is 8.78 Å². The van der Waals surface area contributed by atoms with E-state index in [-0.39, 0.29) is 6.04 Å². The van der Waals surface area contributed by atoms with E-state index < -0.39 is 11.6 Å².